The van der Waals surface area contributed by atoms with E-state index in [1.807, 2.05) is 5.43 Å². The number of nitrogens with zero attached hydrogens (tertiary/aromatic N) is 3. The summed E-state index contributed by atoms with van der Waals surface area (Å²) in [4.78, 5) is 20.8. The van der Waals surface area contributed by atoms with E-state index in [4.69, 9.17) is 21.5 Å². The molecule has 0 bridgehead atoms. The Balaban J connectivity index is 3.64. The van der Waals surface area contributed by atoms with Crippen molar-refractivity contribution in [2.75, 3.05) is 5.43 Å². The molecule has 13 heteroatoms. The first-order chi connectivity index (χ1) is 11.0. The van der Waals surface area contributed by atoms with E-state index in [1.165, 1.54) is 6.07 Å². The monoisotopic (exact) mass is 344 g/mol. The molecule has 0 aromatic heterocycles. The van der Waals surface area contributed by atoms with Gasteiger partial charge in [0.2, 0.25) is 5.71 Å². The van der Waals surface area contributed by atoms with Crippen molar-refractivity contribution in [2.45, 2.75) is 6.18 Å². The van der Waals surface area contributed by atoms with Crippen LogP contribution in [0.25, 0.3) is 0 Å². The van der Waals surface area contributed by atoms with Gasteiger partial charge in [-0.15, -0.1) is 0 Å². The maximum absolute atomic E-state index is 12.7. The first-order valence-corrected chi connectivity index (χ1v) is 5.70. The Hall–Kier alpha value is -3.69. The molecule has 0 saturated heterocycles. The number of benzene rings is 1. The molecule has 0 aliphatic heterocycles. The van der Waals surface area contributed by atoms with Crippen molar-refractivity contribution in [2.24, 2.45) is 10.8 Å². The molecule has 1 aromatic rings. The van der Waals surface area contributed by atoms with Gasteiger partial charge in [0.05, 0.1) is 16.1 Å². The van der Waals surface area contributed by atoms with E-state index < -0.39 is 51.1 Å². The Morgan fingerprint density at radius 2 is 2.08 bits per heavy atom. The summed E-state index contributed by atoms with van der Waals surface area (Å²) in [6.07, 6.45) is -5.02. The van der Waals surface area contributed by atoms with Gasteiger partial charge in [-0.05, 0) is 6.07 Å². The molecule has 0 saturated carbocycles. The largest absolute Gasteiger partial charge is 0.478 e. The zero-order valence-corrected chi connectivity index (χ0v) is 11.4. The van der Waals surface area contributed by atoms with Gasteiger partial charge in [-0.1, -0.05) is 0 Å². The molecule has 0 spiro atoms. The Morgan fingerprint density at radius 3 is 2.46 bits per heavy atom. The summed E-state index contributed by atoms with van der Waals surface area (Å²) in [6.45, 7) is 0. The van der Waals surface area contributed by atoms with Gasteiger partial charge in [0.1, 0.15) is 11.8 Å². The van der Waals surface area contributed by atoms with Gasteiger partial charge in [-0.3, -0.25) is 20.9 Å². The van der Waals surface area contributed by atoms with Crippen molar-refractivity contribution >= 4 is 28.9 Å². The van der Waals surface area contributed by atoms with Crippen LogP contribution >= 0.6 is 0 Å². The third-order valence-corrected chi connectivity index (χ3v) is 2.51. The Bertz CT molecular complexity index is 761. The molecule has 0 aliphatic rings. The molecule has 5 N–H and O–H groups in total. The number of aromatic carboxylic acids is 1. The summed E-state index contributed by atoms with van der Waals surface area (Å²) < 4.78 is 38.2. The zero-order chi connectivity index (χ0) is 18.7. The molecule has 24 heavy (non-hydrogen) atoms. The Morgan fingerprint density at radius 1 is 1.50 bits per heavy atom. The van der Waals surface area contributed by atoms with Gasteiger partial charge < -0.3 is 10.8 Å². The molecule has 0 heterocycles. The summed E-state index contributed by atoms with van der Waals surface area (Å²) in [5, 5.41) is 38.8. The number of nitro benzene ring substituents is 1. The molecule has 10 nitrogen and oxygen atoms in total. The highest BCUT2D eigenvalue weighted by Gasteiger charge is 2.36. The number of carbonyl (C=O) groups is 1. The van der Waals surface area contributed by atoms with Crippen LogP contribution in [-0.2, 0) is 6.18 Å². The minimum atomic E-state index is -5.02. The number of hydrazone groups is 1. The van der Waals surface area contributed by atoms with Crippen LogP contribution in [0.15, 0.2) is 17.2 Å². The van der Waals surface area contributed by atoms with Crippen molar-refractivity contribution in [3.8, 4) is 6.07 Å². The van der Waals surface area contributed by atoms with Gasteiger partial charge in [0.25, 0.3) is 5.69 Å². The van der Waals surface area contributed by atoms with E-state index in [1.54, 1.807) is 0 Å². The van der Waals surface area contributed by atoms with E-state index in [0.29, 0.717) is 0 Å². The number of carboxylic acids is 1. The highest BCUT2D eigenvalue weighted by molar-refractivity contribution is 6.45. The lowest BCUT2D eigenvalue weighted by Gasteiger charge is -2.11. The maximum Gasteiger partial charge on any atom is 0.416 e. The molecular formula is C11H7F3N6O4. The number of nitrogens with two attached hydrogens (primary N) is 1. The van der Waals surface area contributed by atoms with Crippen molar-refractivity contribution in [3.63, 3.8) is 0 Å². The second kappa shape index (κ2) is 6.60. The Kier molecular flexibility index (Phi) is 5.05. The van der Waals surface area contributed by atoms with Crippen LogP contribution in [0.3, 0.4) is 0 Å². The molecule has 1 aromatic carbocycles. The van der Waals surface area contributed by atoms with E-state index in [-0.39, 0.29) is 12.1 Å². The maximum atomic E-state index is 12.7. The van der Waals surface area contributed by atoms with Crippen LogP contribution in [0.2, 0.25) is 0 Å². The fourth-order valence-corrected chi connectivity index (χ4v) is 1.48. The molecule has 0 atom stereocenters. The van der Waals surface area contributed by atoms with Crippen LogP contribution in [0, 0.1) is 26.9 Å². The summed E-state index contributed by atoms with van der Waals surface area (Å²) >= 11 is 0. The number of alkyl halides is 3. The molecule has 1 rings (SSSR count). The number of nitriles is 1. The summed E-state index contributed by atoms with van der Waals surface area (Å²) in [7, 11) is 0. The fraction of sp³-hybridized carbons (Fsp3) is 0.0909. The average Bonchev–Trinajstić information content (AvgIpc) is 2.45. The SMILES string of the molecule is N#C/C(=N\Nc1c(C(=O)O)cc(C(F)(F)F)cc1[N+](=O)[O-])C(=N)N. The van der Waals surface area contributed by atoms with Crippen molar-refractivity contribution in [1.29, 1.82) is 10.7 Å². The van der Waals surface area contributed by atoms with Crippen molar-refractivity contribution in [3.05, 3.63) is 33.4 Å². The van der Waals surface area contributed by atoms with E-state index in [2.05, 4.69) is 5.10 Å². The van der Waals surface area contributed by atoms with Gasteiger partial charge in [-0.25, -0.2) is 4.79 Å². The van der Waals surface area contributed by atoms with Crippen LogP contribution < -0.4 is 11.2 Å². The van der Waals surface area contributed by atoms with Gasteiger partial charge in [-0.2, -0.15) is 23.5 Å². The lowest BCUT2D eigenvalue weighted by molar-refractivity contribution is -0.384. The topological polar surface area (TPSA) is 178 Å². The van der Waals surface area contributed by atoms with Crippen molar-refractivity contribution in [1.82, 2.24) is 0 Å². The number of anilines is 1. The number of amidine groups is 1. The predicted molar refractivity (Wildman–Crippen MR) is 73.6 cm³/mol. The fourth-order valence-electron chi connectivity index (χ4n) is 1.48. The highest BCUT2D eigenvalue weighted by Crippen LogP contribution is 2.37. The van der Waals surface area contributed by atoms with E-state index in [0.717, 1.165) is 0 Å². The molecular weight excluding hydrogens is 337 g/mol. The number of hydrogen-bond donors (Lipinski definition) is 4. The quantitative estimate of drug-likeness (QED) is 0.270. The number of nitro groups is 1. The van der Waals surface area contributed by atoms with Crippen LogP contribution in [0.5, 0.6) is 0 Å². The van der Waals surface area contributed by atoms with Crippen molar-refractivity contribution < 1.29 is 28.0 Å². The normalized spacial score (nSPS) is 11.5. The second-order valence-electron chi connectivity index (χ2n) is 4.08. The average molecular weight is 344 g/mol. The minimum absolute atomic E-state index is 0.115. The number of halogens is 3. The smallest absolute Gasteiger partial charge is 0.416 e. The molecule has 0 unspecified atom stereocenters. The number of carboxylic acid groups (broad SMARTS) is 1. The second-order valence-corrected chi connectivity index (χ2v) is 4.08. The van der Waals surface area contributed by atoms with Gasteiger partial charge >= 0.3 is 12.1 Å². The molecule has 0 amide bonds. The van der Waals surface area contributed by atoms with E-state index in [9.17, 15) is 28.1 Å². The van der Waals surface area contributed by atoms with Gasteiger partial charge in [0, 0.05) is 6.07 Å². The van der Waals surface area contributed by atoms with Gasteiger partial charge in [0.15, 0.2) is 5.84 Å². The number of hydrogen-bond acceptors (Lipinski definition) is 7. The zero-order valence-electron chi connectivity index (χ0n) is 11.4. The summed E-state index contributed by atoms with van der Waals surface area (Å²) in [6, 6.07) is 1.63. The van der Waals surface area contributed by atoms with Crippen LogP contribution in [0.1, 0.15) is 15.9 Å². The molecule has 0 fully saturated rings. The predicted octanol–water partition coefficient (Wildman–Crippen LogP) is 1.54. The highest BCUT2D eigenvalue weighted by atomic mass is 19.4. The lowest BCUT2D eigenvalue weighted by Crippen LogP contribution is -2.22. The number of rotatable bonds is 5. The molecule has 0 aliphatic carbocycles. The summed E-state index contributed by atoms with van der Waals surface area (Å²) in [5.41, 5.74) is 1.27. The minimum Gasteiger partial charge on any atom is -0.478 e. The van der Waals surface area contributed by atoms with Crippen LogP contribution in [0.4, 0.5) is 24.5 Å². The molecule has 126 valence electrons. The van der Waals surface area contributed by atoms with E-state index >= 15 is 0 Å². The third kappa shape index (κ3) is 3.94. The third-order valence-electron chi connectivity index (χ3n) is 2.51. The molecule has 0 radical (unpaired) electrons. The standard InChI is InChI=1S/C11H7F3N6O4/c12-11(13,14)4-1-5(10(21)22)8(7(2-4)20(23)24)19-18-6(3-15)9(16)17/h1-2,19H,(H3,16,17)(H,21,22)/b18-6+. The lowest BCUT2D eigenvalue weighted by atomic mass is 10.1. The van der Waals surface area contributed by atoms with Crippen LogP contribution in [-0.4, -0.2) is 27.5 Å². The number of nitrogens with one attached hydrogen (secondary N) is 2. The first-order valence-electron chi connectivity index (χ1n) is 5.70. The summed E-state index contributed by atoms with van der Waals surface area (Å²) in [5.74, 6) is -2.74. The Labute approximate surface area is 130 Å². The first kappa shape index (κ1) is 18.4.